The van der Waals surface area contributed by atoms with Crippen LogP contribution in [0.3, 0.4) is 0 Å². The lowest BCUT2D eigenvalue weighted by atomic mass is 9.98. The maximum Gasteiger partial charge on any atom is 0.419 e. The van der Waals surface area contributed by atoms with Gasteiger partial charge in [-0.2, -0.15) is 13.2 Å². The molecule has 212 valence electrons. The van der Waals surface area contributed by atoms with Gasteiger partial charge in [0.05, 0.1) is 22.7 Å². The number of sulfone groups is 1. The van der Waals surface area contributed by atoms with Crippen molar-refractivity contribution in [3.05, 3.63) is 94.8 Å². The molecule has 0 amide bonds. The molecular weight excluding hydrogens is 534 g/mol. The minimum atomic E-state index is -4.78. The van der Waals surface area contributed by atoms with Crippen molar-refractivity contribution in [1.82, 2.24) is 4.90 Å². The summed E-state index contributed by atoms with van der Waals surface area (Å²) in [6, 6.07) is 17.3. The van der Waals surface area contributed by atoms with E-state index in [1.54, 1.807) is 6.07 Å². The fraction of sp³-hybridized carbons (Fsp3) is 0.379. The Kier molecular flexibility index (Phi) is 9.79. The topological polar surface area (TPSA) is 66.8 Å². The van der Waals surface area contributed by atoms with E-state index in [1.807, 2.05) is 35.2 Å². The summed E-state index contributed by atoms with van der Waals surface area (Å²) in [7, 11) is -3.63. The SMILES string of the molecule is CC(C)(O)c1ccc(OCCCN(CCc2ccccc2)Cc2cccc(C(F)(F)F)c2F)cc1S(C)(=O)=O. The van der Waals surface area contributed by atoms with Gasteiger partial charge in [0.25, 0.3) is 0 Å². The van der Waals surface area contributed by atoms with Crippen LogP contribution in [0.4, 0.5) is 17.6 Å². The Labute approximate surface area is 227 Å². The molecule has 0 aliphatic carbocycles. The molecule has 3 rings (SSSR count). The molecule has 3 aromatic rings. The molecule has 0 spiro atoms. The highest BCUT2D eigenvalue weighted by molar-refractivity contribution is 7.90. The lowest BCUT2D eigenvalue weighted by molar-refractivity contribution is -0.140. The summed E-state index contributed by atoms with van der Waals surface area (Å²) in [5.41, 5.74) is -1.40. The van der Waals surface area contributed by atoms with Gasteiger partial charge in [-0.25, -0.2) is 12.8 Å². The van der Waals surface area contributed by atoms with E-state index in [0.29, 0.717) is 31.7 Å². The number of hydrogen-bond acceptors (Lipinski definition) is 5. The Morgan fingerprint density at radius 2 is 1.62 bits per heavy atom. The van der Waals surface area contributed by atoms with Crippen LogP contribution in [0.1, 0.15) is 42.5 Å². The lowest BCUT2D eigenvalue weighted by Crippen LogP contribution is -2.28. The molecular formula is C29H33F4NO4S. The minimum Gasteiger partial charge on any atom is -0.494 e. The summed E-state index contributed by atoms with van der Waals surface area (Å²) < 4.78 is 84.7. The molecule has 1 N–H and O–H groups in total. The Balaban J connectivity index is 1.71. The number of rotatable bonds is 12. The van der Waals surface area contributed by atoms with E-state index in [9.17, 15) is 31.1 Å². The third-order valence-electron chi connectivity index (χ3n) is 6.24. The second-order valence-corrected chi connectivity index (χ2v) is 12.0. The van der Waals surface area contributed by atoms with Crippen LogP contribution in [0.2, 0.25) is 0 Å². The average molecular weight is 568 g/mol. The summed E-state index contributed by atoms with van der Waals surface area (Å²) in [5, 5.41) is 10.3. The van der Waals surface area contributed by atoms with E-state index in [-0.39, 0.29) is 29.2 Å². The van der Waals surface area contributed by atoms with Gasteiger partial charge in [-0.05, 0) is 50.5 Å². The van der Waals surface area contributed by atoms with Crippen LogP contribution in [-0.2, 0) is 34.6 Å². The number of benzene rings is 3. The van der Waals surface area contributed by atoms with Crippen molar-refractivity contribution in [3.8, 4) is 5.75 Å². The van der Waals surface area contributed by atoms with Gasteiger partial charge in [0.2, 0.25) is 0 Å². The first kappa shape index (κ1) is 30.6. The highest BCUT2D eigenvalue weighted by Gasteiger charge is 2.35. The molecule has 3 aromatic carbocycles. The van der Waals surface area contributed by atoms with Crippen LogP contribution in [0.15, 0.2) is 71.6 Å². The van der Waals surface area contributed by atoms with Gasteiger partial charge in [0.1, 0.15) is 11.6 Å². The molecule has 0 heterocycles. The zero-order valence-corrected chi connectivity index (χ0v) is 22.9. The number of halogens is 4. The zero-order valence-electron chi connectivity index (χ0n) is 22.1. The fourth-order valence-corrected chi connectivity index (χ4v) is 5.29. The van der Waals surface area contributed by atoms with Crippen molar-refractivity contribution in [1.29, 1.82) is 0 Å². The van der Waals surface area contributed by atoms with Gasteiger partial charge >= 0.3 is 6.18 Å². The Bertz CT molecular complexity index is 1350. The predicted molar refractivity (Wildman–Crippen MR) is 142 cm³/mol. The van der Waals surface area contributed by atoms with E-state index in [0.717, 1.165) is 17.9 Å². The van der Waals surface area contributed by atoms with Crippen molar-refractivity contribution >= 4 is 9.84 Å². The van der Waals surface area contributed by atoms with E-state index in [1.165, 1.54) is 38.1 Å². The van der Waals surface area contributed by atoms with E-state index in [2.05, 4.69) is 0 Å². The molecule has 10 heteroatoms. The van der Waals surface area contributed by atoms with E-state index >= 15 is 0 Å². The highest BCUT2D eigenvalue weighted by atomic mass is 32.2. The number of alkyl halides is 3. The molecule has 0 aromatic heterocycles. The number of ether oxygens (including phenoxy) is 1. The van der Waals surface area contributed by atoms with Crippen LogP contribution in [0, 0.1) is 5.82 Å². The molecule has 5 nitrogen and oxygen atoms in total. The average Bonchev–Trinajstić information content (AvgIpc) is 2.84. The predicted octanol–water partition coefficient (Wildman–Crippen LogP) is 5.99. The maximum atomic E-state index is 14.7. The molecule has 39 heavy (non-hydrogen) atoms. The quantitative estimate of drug-likeness (QED) is 0.215. The monoisotopic (exact) mass is 567 g/mol. The summed E-state index contributed by atoms with van der Waals surface area (Å²) in [4.78, 5) is 1.84. The first-order valence-corrected chi connectivity index (χ1v) is 14.4. The van der Waals surface area contributed by atoms with Gasteiger partial charge in [-0.15, -0.1) is 0 Å². The largest absolute Gasteiger partial charge is 0.494 e. The van der Waals surface area contributed by atoms with E-state index < -0.39 is 33.0 Å². The first-order chi connectivity index (χ1) is 18.2. The van der Waals surface area contributed by atoms with Gasteiger partial charge in [0.15, 0.2) is 9.84 Å². The molecule has 0 saturated carbocycles. The van der Waals surface area contributed by atoms with E-state index in [4.69, 9.17) is 4.74 Å². The smallest absolute Gasteiger partial charge is 0.419 e. The van der Waals surface area contributed by atoms with Crippen LogP contribution < -0.4 is 4.74 Å². The summed E-state index contributed by atoms with van der Waals surface area (Å²) in [6.07, 6.45) is -2.65. The minimum absolute atomic E-state index is 0.0128. The summed E-state index contributed by atoms with van der Waals surface area (Å²) >= 11 is 0. The van der Waals surface area contributed by atoms with Crippen molar-refractivity contribution < 1.29 is 35.8 Å². The summed E-state index contributed by atoms with van der Waals surface area (Å²) in [5.74, 6) is -0.964. The second-order valence-electron chi connectivity index (χ2n) is 9.98. The third kappa shape index (κ3) is 8.78. The molecule has 0 unspecified atom stereocenters. The normalized spacial score (nSPS) is 12.6. The second kappa shape index (κ2) is 12.5. The molecule has 0 atom stereocenters. The first-order valence-electron chi connectivity index (χ1n) is 12.5. The number of hydrogen-bond donors (Lipinski definition) is 1. The van der Waals surface area contributed by atoms with Crippen molar-refractivity contribution in [3.63, 3.8) is 0 Å². The lowest BCUT2D eigenvalue weighted by Gasteiger charge is -2.24. The molecule has 0 saturated heterocycles. The van der Waals surface area contributed by atoms with Gasteiger partial charge in [-0.1, -0.05) is 48.5 Å². The summed E-state index contributed by atoms with van der Waals surface area (Å²) in [6.45, 7) is 4.06. The van der Waals surface area contributed by atoms with Crippen LogP contribution in [-0.4, -0.2) is 44.4 Å². The van der Waals surface area contributed by atoms with Crippen LogP contribution in [0.5, 0.6) is 5.75 Å². The molecule has 0 aliphatic heterocycles. The Morgan fingerprint density at radius 3 is 2.23 bits per heavy atom. The van der Waals surface area contributed by atoms with Crippen molar-refractivity contribution in [2.75, 3.05) is 26.0 Å². The molecule has 0 radical (unpaired) electrons. The molecule has 0 bridgehead atoms. The molecule has 0 aliphatic rings. The Hall–Kier alpha value is -2.95. The van der Waals surface area contributed by atoms with Crippen LogP contribution in [0.25, 0.3) is 0 Å². The fourth-order valence-electron chi connectivity index (χ4n) is 4.25. The van der Waals surface area contributed by atoms with Gasteiger partial charge < -0.3 is 9.84 Å². The van der Waals surface area contributed by atoms with Gasteiger partial charge in [0, 0.05) is 37.0 Å². The number of aliphatic hydroxyl groups is 1. The van der Waals surface area contributed by atoms with Gasteiger partial charge in [-0.3, -0.25) is 4.90 Å². The maximum absolute atomic E-state index is 14.7. The van der Waals surface area contributed by atoms with Crippen molar-refractivity contribution in [2.24, 2.45) is 0 Å². The number of nitrogens with zero attached hydrogens (tertiary/aromatic N) is 1. The standard InChI is InChI=1S/C29H33F4NO4S/c1-28(2,35)24-14-13-23(19-26(24)39(3,36)37)38-18-8-16-34(17-15-21-9-5-4-6-10-21)20-22-11-7-12-25(27(22)30)29(31,32)33/h4-7,9-14,19,35H,8,15-18,20H2,1-3H3. The Morgan fingerprint density at radius 1 is 0.923 bits per heavy atom. The molecule has 0 fully saturated rings. The highest BCUT2D eigenvalue weighted by Crippen LogP contribution is 2.33. The van der Waals surface area contributed by atoms with Crippen molar-refractivity contribution in [2.45, 2.75) is 49.9 Å². The zero-order chi connectivity index (χ0) is 28.8. The third-order valence-corrected chi connectivity index (χ3v) is 7.37. The van der Waals surface area contributed by atoms with Crippen LogP contribution >= 0.6 is 0 Å².